The molecular formula is C25H26N2O. The van der Waals surface area contributed by atoms with Crippen LogP contribution in [-0.4, -0.2) is 19.0 Å². The molecule has 1 aliphatic heterocycles. The highest BCUT2D eigenvalue weighted by Crippen LogP contribution is 2.28. The Balaban J connectivity index is 1.34. The zero-order chi connectivity index (χ0) is 19.3. The van der Waals surface area contributed by atoms with Gasteiger partial charge in [-0.15, -0.1) is 0 Å². The van der Waals surface area contributed by atoms with Crippen LogP contribution in [-0.2, 0) is 13.0 Å². The highest BCUT2D eigenvalue weighted by atomic mass is 16.1. The first-order chi connectivity index (χ1) is 13.7. The lowest BCUT2D eigenvalue weighted by atomic mass is 10.0. The summed E-state index contributed by atoms with van der Waals surface area (Å²) in [6.07, 6.45) is 1.11. The predicted octanol–water partition coefficient (Wildman–Crippen LogP) is 4.78. The summed E-state index contributed by atoms with van der Waals surface area (Å²) in [4.78, 5) is 14.9. The van der Waals surface area contributed by atoms with E-state index in [4.69, 9.17) is 0 Å². The van der Waals surface area contributed by atoms with Gasteiger partial charge in [-0.3, -0.25) is 4.79 Å². The van der Waals surface area contributed by atoms with Crippen molar-refractivity contribution in [3.63, 3.8) is 0 Å². The maximum Gasteiger partial charge on any atom is 0.251 e. The molecule has 1 N–H and O–H groups in total. The van der Waals surface area contributed by atoms with Gasteiger partial charge in [0.1, 0.15) is 0 Å². The monoisotopic (exact) mass is 370 g/mol. The molecule has 3 heteroatoms. The second-order valence-electron chi connectivity index (χ2n) is 7.52. The summed E-state index contributed by atoms with van der Waals surface area (Å²) in [6, 6.07) is 26.9. The van der Waals surface area contributed by atoms with Gasteiger partial charge in [0, 0.05) is 30.9 Å². The van der Waals surface area contributed by atoms with Gasteiger partial charge in [0.15, 0.2) is 0 Å². The number of anilines is 1. The lowest BCUT2D eigenvalue weighted by Gasteiger charge is -2.19. The van der Waals surface area contributed by atoms with Crippen LogP contribution >= 0.6 is 0 Å². The molecule has 1 aliphatic rings. The van der Waals surface area contributed by atoms with E-state index in [-0.39, 0.29) is 5.91 Å². The fraction of sp³-hybridized carbons (Fsp3) is 0.240. The largest absolute Gasteiger partial charge is 0.367 e. The van der Waals surface area contributed by atoms with Crippen LogP contribution in [0.25, 0.3) is 0 Å². The van der Waals surface area contributed by atoms with Gasteiger partial charge in [0.2, 0.25) is 0 Å². The van der Waals surface area contributed by atoms with E-state index < -0.39 is 0 Å². The van der Waals surface area contributed by atoms with E-state index in [1.807, 2.05) is 30.3 Å². The molecule has 0 radical (unpaired) electrons. The highest BCUT2D eigenvalue weighted by Gasteiger charge is 2.18. The number of fused-ring (bicyclic) bond motifs is 1. The summed E-state index contributed by atoms with van der Waals surface area (Å²) in [6.45, 7) is 4.70. The van der Waals surface area contributed by atoms with E-state index in [0.717, 1.165) is 19.5 Å². The second-order valence-corrected chi connectivity index (χ2v) is 7.52. The third kappa shape index (κ3) is 4.09. The maximum atomic E-state index is 12.5. The van der Waals surface area contributed by atoms with E-state index in [9.17, 15) is 4.79 Å². The van der Waals surface area contributed by atoms with Crippen molar-refractivity contribution in [2.45, 2.75) is 25.8 Å². The van der Waals surface area contributed by atoms with Gasteiger partial charge in [0.25, 0.3) is 5.91 Å². The summed E-state index contributed by atoms with van der Waals surface area (Å²) in [7, 11) is 0. The Kier molecular flexibility index (Phi) is 5.43. The summed E-state index contributed by atoms with van der Waals surface area (Å²) in [5.74, 6) is 0.278. The molecule has 3 nitrogen and oxygen atoms in total. The molecule has 0 aliphatic carbocycles. The molecule has 28 heavy (non-hydrogen) atoms. The topological polar surface area (TPSA) is 32.3 Å². The molecule has 0 aromatic heterocycles. The van der Waals surface area contributed by atoms with E-state index in [1.54, 1.807) is 0 Å². The number of rotatable bonds is 6. The molecule has 3 aromatic carbocycles. The van der Waals surface area contributed by atoms with Gasteiger partial charge < -0.3 is 10.2 Å². The Bertz CT molecular complexity index is 934. The average molecular weight is 370 g/mol. The SMILES string of the molecule is C[C@@H](CNC(=O)c1ccc(CN2CCc3ccccc32)cc1)c1ccccc1. The first kappa shape index (κ1) is 18.3. The second kappa shape index (κ2) is 8.30. The fourth-order valence-electron chi connectivity index (χ4n) is 3.80. The van der Waals surface area contributed by atoms with Crippen molar-refractivity contribution < 1.29 is 4.79 Å². The predicted molar refractivity (Wildman–Crippen MR) is 115 cm³/mol. The zero-order valence-electron chi connectivity index (χ0n) is 16.3. The smallest absolute Gasteiger partial charge is 0.251 e. The van der Waals surface area contributed by atoms with Crippen LogP contribution < -0.4 is 10.2 Å². The Morgan fingerprint density at radius 3 is 2.46 bits per heavy atom. The number of benzene rings is 3. The van der Waals surface area contributed by atoms with Crippen LogP contribution in [0.5, 0.6) is 0 Å². The van der Waals surface area contributed by atoms with Gasteiger partial charge in [-0.05, 0) is 47.2 Å². The standard InChI is InChI=1S/C25H26N2O/c1-19(21-7-3-2-4-8-21)17-26-25(28)23-13-11-20(12-14-23)18-27-16-15-22-9-5-6-10-24(22)27/h2-14,19H,15-18H2,1H3,(H,26,28)/t19-/m0/s1. The summed E-state index contributed by atoms with van der Waals surface area (Å²) >= 11 is 0. The maximum absolute atomic E-state index is 12.5. The van der Waals surface area contributed by atoms with Crippen molar-refractivity contribution >= 4 is 11.6 Å². The van der Waals surface area contributed by atoms with Crippen LogP contribution in [0, 0.1) is 0 Å². The first-order valence-electron chi connectivity index (χ1n) is 9.95. The van der Waals surface area contributed by atoms with E-state index in [2.05, 4.69) is 65.7 Å². The molecule has 4 rings (SSSR count). The summed E-state index contributed by atoms with van der Waals surface area (Å²) < 4.78 is 0. The van der Waals surface area contributed by atoms with E-state index in [1.165, 1.54) is 22.4 Å². The van der Waals surface area contributed by atoms with Crippen LogP contribution in [0.15, 0.2) is 78.9 Å². The Morgan fingerprint density at radius 2 is 1.68 bits per heavy atom. The van der Waals surface area contributed by atoms with Gasteiger partial charge in [-0.25, -0.2) is 0 Å². The van der Waals surface area contributed by atoms with Crippen molar-refractivity contribution in [2.24, 2.45) is 0 Å². The third-order valence-corrected chi connectivity index (χ3v) is 5.51. The number of nitrogens with one attached hydrogen (secondary N) is 1. The molecule has 0 unspecified atom stereocenters. The lowest BCUT2D eigenvalue weighted by Crippen LogP contribution is -2.27. The number of nitrogens with zero attached hydrogens (tertiary/aromatic N) is 1. The lowest BCUT2D eigenvalue weighted by molar-refractivity contribution is 0.0951. The number of carbonyl (C=O) groups is 1. The number of para-hydroxylation sites is 1. The number of carbonyl (C=O) groups excluding carboxylic acids is 1. The fourth-order valence-corrected chi connectivity index (χ4v) is 3.80. The molecule has 1 heterocycles. The molecule has 142 valence electrons. The van der Waals surface area contributed by atoms with Gasteiger partial charge in [-0.1, -0.05) is 67.6 Å². The Labute approximate surface area is 167 Å². The zero-order valence-corrected chi connectivity index (χ0v) is 16.3. The molecule has 3 aromatic rings. The minimum atomic E-state index is -0.0131. The third-order valence-electron chi connectivity index (χ3n) is 5.51. The van der Waals surface area contributed by atoms with Crippen LogP contribution in [0.4, 0.5) is 5.69 Å². The minimum Gasteiger partial charge on any atom is -0.367 e. The molecule has 0 bridgehead atoms. The van der Waals surface area contributed by atoms with E-state index >= 15 is 0 Å². The van der Waals surface area contributed by atoms with Crippen molar-refractivity contribution in [3.05, 3.63) is 101 Å². The number of amides is 1. The Hall–Kier alpha value is -3.07. The number of hydrogen-bond acceptors (Lipinski definition) is 2. The molecule has 1 atom stereocenters. The molecule has 0 saturated carbocycles. The van der Waals surface area contributed by atoms with Crippen molar-refractivity contribution in [3.8, 4) is 0 Å². The van der Waals surface area contributed by atoms with Crippen molar-refractivity contribution in [1.29, 1.82) is 0 Å². The van der Waals surface area contributed by atoms with Crippen molar-refractivity contribution in [2.75, 3.05) is 18.0 Å². The van der Waals surface area contributed by atoms with Crippen molar-refractivity contribution in [1.82, 2.24) is 5.32 Å². The van der Waals surface area contributed by atoms with Crippen LogP contribution in [0.1, 0.15) is 39.9 Å². The molecule has 0 saturated heterocycles. The van der Waals surface area contributed by atoms with Gasteiger partial charge in [0.05, 0.1) is 0 Å². The van der Waals surface area contributed by atoms with Gasteiger partial charge >= 0.3 is 0 Å². The molecule has 0 spiro atoms. The van der Waals surface area contributed by atoms with Crippen LogP contribution in [0.2, 0.25) is 0 Å². The molecule has 1 amide bonds. The Morgan fingerprint density at radius 1 is 0.964 bits per heavy atom. The molecule has 0 fully saturated rings. The highest BCUT2D eigenvalue weighted by molar-refractivity contribution is 5.94. The number of hydrogen-bond donors (Lipinski definition) is 1. The van der Waals surface area contributed by atoms with Crippen LogP contribution in [0.3, 0.4) is 0 Å². The van der Waals surface area contributed by atoms with Gasteiger partial charge in [-0.2, -0.15) is 0 Å². The summed E-state index contributed by atoms with van der Waals surface area (Å²) in [5, 5.41) is 3.05. The van der Waals surface area contributed by atoms with E-state index in [0.29, 0.717) is 18.0 Å². The quantitative estimate of drug-likeness (QED) is 0.677. The summed E-state index contributed by atoms with van der Waals surface area (Å²) in [5.41, 5.74) is 5.94. The first-order valence-corrected chi connectivity index (χ1v) is 9.95. The minimum absolute atomic E-state index is 0.0131. The molecular weight excluding hydrogens is 344 g/mol. The average Bonchev–Trinajstić information content (AvgIpc) is 3.16. The normalized spacial score (nSPS) is 13.8.